The van der Waals surface area contributed by atoms with E-state index in [2.05, 4.69) is 24.0 Å². The quantitative estimate of drug-likeness (QED) is 0.578. The van der Waals surface area contributed by atoms with E-state index in [1.807, 2.05) is 41.4 Å². The standard InChI is InChI=1S/C26H30N2O3/c1-18-12-15-28(16-13-18)25(29)23(21-7-4-8-24-22(21)11-14-27-24)10-9-19-5-3-6-20(17-19)26(30)31-2/h3-8,11,14,17-18,23,27H,9-10,12-13,15-16H2,1-2H3. The van der Waals surface area contributed by atoms with Gasteiger partial charge in [0.1, 0.15) is 0 Å². The van der Waals surface area contributed by atoms with Gasteiger partial charge in [-0.15, -0.1) is 0 Å². The van der Waals surface area contributed by atoms with Crippen LogP contribution >= 0.6 is 0 Å². The number of hydrogen-bond acceptors (Lipinski definition) is 3. The Labute approximate surface area is 183 Å². The van der Waals surface area contributed by atoms with Gasteiger partial charge in [-0.1, -0.05) is 31.2 Å². The van der Waals surface area contributed by atoms with Crippen LogP contribution in [0.1, 0.15) is 53.6 Å². The second-order valence-electron chi connectivity index (χ2n) is 8.58. The van der Waals surface area contributed by atoms with E-state index in [1.54, 1.807) is 6.07 Å². The Morgan fingerprint density at radius 3 is 2.68 bits per heavy atom. The lowest BCUT2D eigenvalue weighted by molar-refractivity contribution is -0.134. The van der Waals surface area contributed by atoms with Crippen molar-refractivity contribution in [3.05, 3.63) is 71.4 Å². The van der Waals surface area contributed by atoms with Gasteiger partial charge in [0, 0.05) is 30.2 Å². The fourth-order valence-corrected chi connectivity index (χ4v) is 4.56. The van der Waals surface area contributed by atoms with Crippen LogP contribution in [0.4, 0.5) is 0 Å². The molecule has 31 heavy (non-hydrogen) atoms. The zero-order valence-electron chi connectivity index (χ0n) is 18.3. The number of benzene rings is 2. The summed E-state index contributed by atoms with van der Waals surface area (Å²) in [5.41, 5.74) is 3.71. The number of aromatic nitrogens is 1. The van der Waals surface area contributed by atoms with Gasteiger partial charge < -0.3 is 14.6 Å². The molecule has 1 aliphatic rings. The molecule has 0 spiro atoms. The number of fused-ring (bicyclic) bond motifs is 1. The molecule has 2 heterocycles. The highest BCUT2D eigenvalue weighted by molar-refractivity contribution is 5.92. The number of amides is 1. The minimum absolute atomic E-state index is 0.213. The van der Waals surface area contributed by atoms with Gasteiger partial charge >= 0.3 is 5.97 Å². The molecule has 5 nitrogen and oxygen atoms in total. The molecule has 1 unspecified atom stereocenters. The number of H-pyrrole nitrogens is 1. The van der Waals surface area contributed by atoms with Crippen molar-refractivity contribution >= 4 is 22.8 Å². The number of carbonyl (C=O) groups is 2. The van der Waals surface area contributed by atoms with Crippen LogP contribution in [0.5, 0.6) is 0 Å². The summed E-state index contributed by atoms with van der Waals surface area (Å²) in [6, 6.07) is 15.7. The molecule has 0 bridgehead atoms. The Kier molecular flexibility index (Phi) is 6.40. The summed E-state index contributed by atoms with van der Waals surface area (Å²) in [6.07, 6.45) is 5.46. The van der Waals surface area contributed by atoms with E-state index in [9.17, 15) is 9.59 Å². The zero-order valence-corrected chi connectivity index (χ0v) is 18.3. The molecule has 1 N–H and O–H groups in total. The van der Waals surface area contributed by atoms with Crippen molar-refractivity contribution in [3.8, 4) is 0 Å². The normalized spacial score (nSPS) is 15.7. The topological polar surface area (TPSA) is 62.4 Å². The maximum atomic E-state index is 13.7. The molecule has 162 valence electrons. The molecular weight excluding hydrogens is 388 g/mol. The van der Waals surface area contributed by atoms with Gasteiger partial charge in [-0.05, 0) is 67.0 Å². The third-order valence-electron chi connectivity index (χ3n) is 6.47. The van der Waals surface area contributed by atoms with Crippen molar-refractivity contribution in [1.29, 1.82) is 0 Å². The number of aryl methyl sites for hydroxylation is 1. The monoisotopic (exact) mass is 418 g/mol. The first kappa shape index (κ1) is 21.2. The first-order valence-electron chi connectivity index (χ1n) is 11.1. The molecule has 4 rings (SSSR count). The Balaban J connectivity index is 1.61. The van der Waals surface area contributed by atoms with E-state index in [0.29, 0.717) is 24.3 Å². The fourth-order valence-electron chi connectivity index (χ4n) is 4.56. The Hall–Kier alpha value is -3.08. The van der Waals surface area contributed by atoms with E-state index in [-0.39, 0.29) is 17.8 Å². The average Bonchev–Trinajstić information content (AvgIpc) is 3.29. The van der Waals surface area contributed by atoms with E-state index >= 15 is 0 Å². The van der Waals surface area contributed by atoms with Gasteiger partial charge in [0.15, 0.2) is 0 Å². The molecule has 1 saturated heterocycles. The van der Waals surface area contributed by atoms with Crippen molar-refractivity contribution in [2.24, 2.45) is 5.92 Å². The molecule has 0 radical (unpaired) electrons. The van der Waals surface area contributed by atoms with Crippen molar-refractivity contribution in [3.63, 3.8) is 0 Å². The minimum Gasteiger partial charge on any atom is -0.465 e. The second kappa shape index (κ2) is 9.38. The van der Waals surface area contributed by atoms with Gasteiger partial charge in [-0.2, -0.15) is 0 Å². The number of hydrogen-bond donors (Lipinski definition) is 1. The van der Waals surface area contributed by atoms with Gasteiger partial charge in [0.05, 0.1) is 18.6 Å². The van der Waals surface area contributed by atoms with E-state index < -0.39 is 0 Å². The predicted octanol–water partition coefficient (Wildman–Crippen LogP) is 4.93. The number of rotatable bonds is 6. The minimum atomic E-state index is -0.339. The highest BCUT2D eigenvalue weighted by atomic mass is 16.5. The summed E-state index contributed by atoms with van der Waals surface area (Å²) < 4.78 is 4.85. The average molecular weight is 419 g/mol. The zero-order chi connectivity index (χ0) is 21.8. The van der Waals surface area contributed by atoms with Crippen LogP contribution in [0.15, 0.2) is 54.7 Å². The lowest BCUT2D eigenvalue weighted by Crippen LogP contribution is -2.40. The Morgan fingerprint density at radius 1 is 1.13 bits per heavy atom. The first-order valence-corrected chi connectivity index (χ1v) is 11.1. The molecule has 1 aliphatic heterocycles. The maximum absolute atomic E-state index is 13.7. The number of aromatic amines is 1. The Bertz CT molecular complexity index is 1060. The third-order valence-corrected chi connectivity index (χ3v) is 6.47. The van der Waals surface area contributed by atoms with Crippen molar-refractivity contribution < 1.29 is 14.3 Å². The maximum Gasteiger partial charge on any atom is 0.337 e. The van der Waals surface area contributed by atoms with Gasteiger partial charge in [0.2, 0.25) is 5.91 Å². The summed E-state index contributed by atoms with van der Waals surface area (Å²) in [4.78, 5) is 30.9. The van der Waals surface area contributed by atoms with Crippen LogP contribution in [0, 0.1) is 5.92 Å². The SMILES string of the molecule is COC(=O)c1cccc(CCC(C(=O)N2CCC(C)CC2)c2cccc3[nH]ccc23)c1. The number of likely N-dealkylation sites (tertiary alicyclic amines) is 1. The smallest absolute Gasteiger partial charge is 0.337 e. The molecule has 1 fully saturated rings. The van der Waals surface area contributed by atoms with Crippen LogP contribution in [0.2, 0.25) is 0 Å². The molecule has 1 aromatic heterocycles. The number of piperidine rings is 1. The van der Waals surface area contributed by atoms with E-state index in [0.717, 1.165) is 48.0 Å². The summed E-state index contributed by atoms with van der Waals surface area (Å²) in [6.45, 7) is 3.92. The number of esters is 1. The van der Waals surface area contributed by atoms with Crippen LogP contribution in [0.25, 0.3) is 10.9 Å². The van der Waals surface area contributed by atoms with Crippen LogP contribution in [-0.4, -0.2) is 42.0 Å². The first-order chi connectivity index (χ1) is 15.1. The summed E-state index contributed by atoms with van der Waals surface area (Å²) >= 11 is 0. The third kappa shape index (κ3) is 4.66. The van der Waals surface area contributed by atoms with E-state index in [4.69, 9.17) is 4.74 Å². The molecule has 3 aromatic rings. The van der Waals surface area contributed by atoms with E-state index in [1.165, 1.54) is 7.11 Å². The number of nitrogens with zero attached hydrogens (tertiary/aromatic N) is 1. The van der Waals surface area contributed by atoms with Crippen molar-refractivity contribution in [1.82, 2.24) is 9.88 Å². The highest BCUT2D eigenvalue weighted by Crippen LogP contribution is 2.32. The molecule has 5 heteroatoms. The van der Waals surface area contributed by atoms with Gasteiger partial charge in [0.25, 0.3) is 0 Å². The lowest BCUT2D eigenvalue weighted by Gasteiger charge is -2.33. The number of methoxy groups -OCH3 is 1. The molecule has 2 aromatic carbocycles. The summed E-state index contributed by atoms with van der Waals surface area (Å²) in [7, 11) is 1.39. The van der Waals surface area contributed by atoms with Crippen LogP contribution < -0.4 is 0 Å². The van der Waals surface area contributed by atoms with Crippen molar-refractivity contribution in [2.45, 2.75) is 38.5 Å². The van der Waals surface area contributed by atoms with Crippen LogP contribution in [0.3, 0.4) is 0 Å². The molecular formula is C26H30N2O3. The largest absolute Gasteiger partial charge is 0.465 e. The Morgan fingerprint density at radius 2 is 1.90 bits per heavy atom. The molecule has 0 aliphatic carbocycles. The summed E-state index contributed by atoms with van der Waals surface area (Å²) in [5.74, 6) is 0.338. The fraction of sp³-hybridized carbons (Fsp3) is 0.385. The summed E-state index contributed by atoms with van der Waals surface area (Å²) in [5, 5.41) is 1.11. The molecule has 1 amide bonds. The molecule has 0 saturated carbocycles. The second-order valence-corrected chi connectivity index (χ2v) is 8.58. The predicted molar refractivity (Wildman–Crippen MR) is 122 cm³/mol. The molecule has 1 atom stereocenters. The number of ether oxygens (including phenoxy) is 1. The highest BCUT2D eigenvalue weighted by Gasteiger charge is 2.29. The lowest BCUT2D eigenvalue weighted by atomic mass is 9.87. The number of nitrogens with one attached hydrogen (secondary N) is 1. The van der Waals surface area contributed by atoms with Gasteiger partial charge in [-0.3, -0.25) is 4.79 Å². The van der Waals surface area contributed by atoms with Crippen LogP contribution in [-0.2, 0) is 16.0 Å². The van der Waals surface area contributed by atoms with Gasteiger partial charge in [-0.25, -0.2) is 4.79 Å². The number of carbonyl (C=O) groups excluding carboxylic acids is 2. The van der Waals surface area contributed by atoms with Crippen molar-refractivity contribution in [2.75, 3.05) is 20.2 Å².